The summed E-state index contributed by atoms with van der Waals surface area (Å²) in [5.74, 6) is 0. The number of aromatic nitrogens is 2. The minimum Gasteiger partial charge on any atom is -0.181 e. The highest BCUT2D eigenvalue weighted by atomic mass is 14.7. The Kier molecular flexibility index (Phi) is 10.4. The standard InChI is InChI=1S/C41H50N2/c1-5-7-9-11-25-41(26-12-10-8-6-2)39-31-35(15-13-33-21-27-42(3)28-22-33)17-19-37(39)38-20-18-36(32-40(38)41)16-14-34-23-29-43(4)30-24-34/h13-15,18-24,27-32H,3-12,16-17,25-26H2,1-2H3/q+2/b35-15-. The van der Waals surface area contributed by atoms with Gasteiger partial charge < -0.3 is 0 Å². The summed E-state index contributed by atoms with van der Waals surface area (Å²) < 4.78 is 3.69. The van der Waals surface area contributed by atoms with Crippen molar-refractivity contribution in [2.75, 3.05) is 0 Å². The Labute approximate surface area is 259 Å². The van der Waals surface area contributed by atoms with Crippen molar-refractivity contribution in [1.29, 1.82) is 0 Å². The smallest absolute Gasteiger partial charge is 0.174 e. The van der Waals surface area contributed by atoms with Crippen LogP contribution in [0.15, 0.2) is 96.6 Å². The topological polar surface area (TPSA) is 11.8 Å². The largest absolute Gasteiger partial charge is 0.181 e. The first-order valence-electron chi connectivity index (χ1n) is 16.6. The summed E-state index contributed by atoms with van der Waals surface area (Å²) >= 11 is 0. The van der Waals surface area contributed by atoms with E-state index in [1.807, 2.05) is 33.3 Å². The molecule has 2 aromatic heterocycles. The Morgan fingerprint density at radius 3 is 2.00 bits per heavy atom. The number of benzene rings is 1. The Bertz CT molecular complexity index is 1680. The van der Waals surface area contributed by atoms with E-state index in [0.717, 1.165) is 12.8 Å². The number of fused-ring (bicyclic) bond motifs is 3. The second-order valence-electron chi connectivity index (χ2n) is 12.6. The van der Waals surface area contributed by atoms with Gasteiger partial charge in [0, 0.05) is 29.7 Å². The van der Waals surface area contributed by atoms with Gasteiger partial charge in [-0.3, -0.25) is 0 Å². The van der Waals surface area contributed by atoms with E-state index in [2.05, 4.69) is 100 Å². The van der Waals surface area contributed by atoms with Gasteiger partial charge in [0.2, 0.25) is 0 Å². The van der Waals surface area contributed by atoms with Crippen LogP contribution in [-0.4, -0.2) is 0 Å². The third-order valence-electron chi connectivity index (χ3n) is 9.38. The monoisotopic (exact) mass is 570 g/mol. The maximum absolute atomic E-state index is 3.96. The highest BCUT2D eigenvalue weighted by Crippen LogP contribution is 2.57. The van der Waals surface area contributed by atoms with Crippen LogP contribution in [0.25, 0.3) is 17.7 Å². The van der Waals surface area contributed by atoms with Crippen molar-refractivity contribution in [1.82, 2.24) is 0 Å². The van der Waals surface area contributed by atoms with Crippen LogP contribution in [0, 0.1) is 13.4 Å². The lowest BCUT2D eigenvalue weighted by Crippen LogP contribution is -2.26. The number of unbranched alkanes of at least 4 members (excludes halogenated alkanes) is 6. The van der Waals surface area contributed by atoms with Crippen molar-refractivity contribution in [3.05, 3.63) is 137 Å². The zero-order valence-electron chi connectivity index (χ0n) is 26.5. The van der Waals surface area contributed by atoms with Gasteiger partial charge in [-0.2, -0.15) is 8.49 Å². The summed E-state index contributed by atoms with van der Waals surface area (Å²) in [7, 11) is 0. The molecule has 222 valence electrons. The third kappa shape index (κ3) is 7.42. The minimum atomic E-state index is 0.0938. The molecule has 0 amide bonds. The van der Waals surface area contributed by atoms with E-state index < -0.39 is 0 Å². The van der Waals surface area contributed by atoms with Gasteiger partial charge in [-0.15, -0.1) is 0 Å². The maximum Gasteiger partial charge on any atom is 0.174 e. The maximum atomic E-state index is 3.96. The Hall–Kier alpha value is -3.78. The molecule has 0 radical (unpaired) electrons. The summed E-state index contributed by atoms with van der Waals surface area (Å²) in [5, 5.41) is 2.46. The van der Waals surface area contributed by atoms with Gasteiger partial charge in [0.05, 0.1) is 0 Å². The second kappa shape index (κ2) is 14.6. The number of nitrogens with zero attached hydrogens (tertiary/aromatic N) is 2. The van der Waals surface area contributed by atoms with Crippen molar-refractivity contribution in [2.45, 2.75) is 96.3 Å². The molecule has 0 unspecified atom stereocenters. The van der Waals surface area contributed by atoms with E-state index in [0.29, 0.717) is 0 Å². The fourth-order valence-electron chi connectivity index (χ4n) is 6.91. The van der Waals surface area contributed by atoms with Crippen LogP contribution in [-0.2, 0) is 11.8 Å². The molecular weight excluding hydrogens is 520 g/mol. The molecular formula is C41H50N2+2. The molecule has 5 rings (SSSR count). The molecule has 3 aromatic rings. The van der Waals surface area contributed by atoms with Crippen LogP contribution in [0.3, 0.4) is 0 Å². The molecule has 0 bridgehead atoms. The molecule has 2 aliphatic rings. The van der Waals surface area contributed by atoms with Gasteiger partial charge in [-0.1, -0.05) is 114 Å². The summed E-state index contributed by atoms with van der Waals surface area (Å²) in [5.41, 5.74) is 9.04. The highest BCUT2D eigenvalue weighted by Gasteiger charge is 2.45. The van der Waals surface area contributed by atoms with E-state index in [9.17, 15) is 0 Å². The lowest BCUT2D eigenvalue weighted by Gasteiger charge is -2.34. The lowest BCUT2D eigenvalue weighted by molar-refractivity contribution is -0.498. The SMILES string of the molecule is C=[n+]1ccc(=C/C=C2\C=C3C(=CC2)c2ccc(CC=c4cc[n+](=C)cc4)cc2C3(CCCCCC)CCCCCC)cc1. The van der Waals surface area contributed by atoms with Crippen molar-refractivity contribution in [3.63, 3.8) is 0 Å². The average molecular weight is 571 g/mol. The van der Waals surface area contributed by atoms with E-state index in [1.165, 1.54) is 96.9 Å². The molecule has 0 saturated heterocycles. The normalized spacial score (nSPS) is 15.9. The average Bonchev–Trinajstić information content (AvgIpc) is 3.29. The van der Waals surface area contributed by atoms with Gasteiger partial charge in [-0.05, 0) is 69.5 Å². The van der Waals surface area contributed by atoms with Crippen molar-refractivity contribution < 1.29 is 8.49 Å². The predicted molar refractivity (Wildman–Crippen MR) is 181 cm³/mol. The molecule has 0 atom stereocenters. The fraction of sp³-hybridized carbons (Fsp3) is 0.366. The van der Waals surface area contributed by atoms with Gasteiger partial charge in [0.15, 0.2) is 24.8 Å². The quantitative estimate of drug-likeness (QED) is 0.146. The van der Waals surface area contributed by atoms with E-state index in [-0.39, 0.29) is 5.41 Å². The van der Waals surface area contributed by atoms with Gasteiger partial charge in [-0.25, -0.2) is 0 Å². The highest BCUT2D eigenvalue weighted by molar-refractivity contribution is 5.92. The molecule has 0 spiro atoms. The first kappa shape index (κ1) is 30.7. The number of hydrogen-bond acceptors (Lipinski definition) is 0. The first-order valence-corrected chi connectivity index (χ1v) is 16.6. The zero-order valence-corrected chi connectivity index (χ0v) is 26.5. The summed E-state index contributed by atoms with van der Waals surface area (Å²) in [6, 6.07) is 15.9. The molecule has 0 saturated carbocycles. The molecule has 0 N–H and O–H groups in total. The molecule has 43 heavy (non-hydrogen) atoms. The second-order valence-corrected chi connectivity index (χ2v) is 12.6. The molecule has 1 aromatic carbocycles. The van der Waals surface area contributed by atoms with Crippen molar-refractivity contribution >= 4 is 17.7 Å². The van der Waals surface area contributed by atoms with Crippen LogP contribution >= 0.6 is 0 Å². The summed E-state index contributed by atoms with van der Waals surface area (Å²) in [6.45, 7) is 12.6. The summed E-state index contributed by atoms with van der Waals surface area (Å²) in [4.78, 5) is 0. The minimum absolute atomic E-state index is 0.0938. The van der Waals surface area contributed by atoms with E-state index >= 15 is 0 Å². The van der Waals surface area contributed by atoms with Gasteiger partial charge in [0.25, 0.3) is 0 Å². The molecule has 2 heteroatoms. The summed E-state index contributed by atoms with van der Waals surface area (Å²) in [6.07, 6.45) is 34.9. The molecule has 0 fully saturated rings. The third-order valence-corrected chi connectivity index (χ3v) is 9.38. The molecule has 2 nitrogen and oxygen atoms in total. The first-order chi connectivity index (χ1) is 21.0. The lowest BCUT2D eigenvalue weighted by atomic mass is 9.69. The Balaban J connectivity index is 1.56. The zero-order chi connectivity index (χ0) is 30.1. The van der Waals surface area contributed by atoms with Crippen LogP contribution in [0.1, 0.15) is 101 Å². The van der Waals surface area contributed by atoms with E-state index in [1.54, 1.807) is 11.1 Å². The Morgan fingerprint density at radius 2 is 1.37 bits per heavy atom. The molecule has 0 aliphatic heterocycles. The predicted octanol–water partition coefficient (Wildman–Crippen LogP) is 7.88. The van der Waals surface area contributed by atoms with Crippen LogP contribution < -0.4 is 18.9 Å². The van der Waals surface area contributed by atoms with Gasteiger partial charge in [0.1, 0.15) is 13.4 Å². The number of allylic oxidation sites excluding steroid dienone is 6. The fourth-order valence-corrected chi connectivity index (χ4v) is 6.91. The molecule has 2 heterocycles. The Morgan fingerprint density at radius 1 is 0.744 bits per heavy atom. The number of hydrogen-bond donors (Lipinski definition) is 0. The van der Waals surface area contributed by atoms with Crippen LogP contribution in [0.2, 0.25) is 0 Å². The van der Waals surface area contributed by atoms with Crippen molar-refractivity contribution in [2.24, 2.45) is 0 Å². The van der Waals surface area contributed by atoms with E-state index in [4.69, 9.17) is 0 Å². The van der Waals surface area contributed by atoms with Gasteiger partial charge >= 0.3 is 0 Å². The van der Waals surface area contributed by atoms with Crippen LogP contribution in [0.4, 0.5) is 0 Å². The number of pyridine rings is 2. The number of rotatable bonds is 13. The van der Waals surface area contributed by atoms with Crippen LogP contribution in [0.5, 0.6) is 0 Å². The molecule has 2 aliphatic carbocycles. The van der Waals surface area contributed by atoms with Crippen molar-refractivity contribution in [3.8, 4) is 0 Å².